The average molecular weight is 267 g/mol. The molecule has 1 fully saturated rings. The van der Waals surface area contributed by atoms with Crippen LogP contribution in [0.25, 0.3) is 0 Å². The van der Waals surface area contributed by atoms with Crippen LogP contribution in [-0.4, -0.2) is 46.8 Å². The van der Waals surface area contributed by atoms with Gasteiger partial charge in [0.1, 0.15) is 5.82 Å². The largest absolute Gasteiger partial charge is 0.481 e. The maximum atomic E-state index is 13.1. The number of rotatable bonds is 3. The van der Waals surface area contributed by atoms with Gasteiger partial charge in [0.25, 0.3) is 0 Å². The fraction of sp³-hybridized carbons (Fsp3) is 0.500. The number of aliphatic hydroxyl groups is 1. The minimum Gasteiger partial charge on any atom is -0.481 e. The molecular formula is C14H18FNO3. The van der Waals surface area contributed by atoms with Crippen molar-refractivity contribution in [2.24, 2.45) is 5.92 Å². The third-order valence-corrected chi connectivity index (χ3v) is 3.76. The maximum Gasteiger partial charge on any atom is 0.310 e. The summed E-state index contributed by atoms with van der Waals surface area (Å²) in [7, 11) is 1.84. The standard InChI is InChI=1S/C14H18FNO3/c1-16-8-12(14(18)19)13(17)7-11(16)6-9-3-2-4-10(15)5-9/h2-5,11-13,17H,6-8H2,1H3,(H,18,19). The molecule has 19 heavy (non-hydrogen) atoms. The van der Waals surface area contributed by atoms with Crippen LogP contribution in [0, 0.1) is 11.7 Å². The minimum absolute atomic E-state index is 0.0346. The van der Waals surface area contributed by atoms with E-state index in [1.807, 2.05) is 18.0 Å². The Balaban J connectivity index is 2.04. The molecule has 1 heterocycles. The monoisotopic (exact) mass is 267 g/mol. The van der Waals surface area contributed by atoms with Crippen LogP contribution in [0.2, 0.25) is 0 Å². The molecule has 0 radical (unpaired) electrons. The molecule has 4 nitrogen and oxygen atoms in total. The number of aliphatic carboxylic acids is 1. The molecule has 0 spiro atoms. The Morgan fingerprint density at radius 3 is 2.89 bits per heavy atom. The van der Waals surface area contributed by atoms with Crippen LogP contribution in [-0.2, 0) is 11.2 Å². The van der Waals surface area contributed by atoms with Gasteiger partial charge in [-0.15, -0.1) is 0 Å². The molecule has 2 rings (SSSR count). The first kappa shape index (κ1) is 14.0. The fourth-order valence-corrected chi connectivity index (χ4v) is 2.62. The van der Waals surface area contributed by atoms with Gasteiger partial charge in [-0.05, 0) is 37.6 Å². The molecule has 1 aliphatic rings. The Labute approximate surface area is 111 Å². The number of carboxylic acids is 1. The van der Waals surface area contributed by atoms with Crippen molar-refractivity contribution in [1.82, 2.24) is 4.90 Å². The van der Waals surface area contributed by atoms with Gasteiger partial charge in [-0.3, -0.25) is 4.79 Å². The first-order valence-electron chi connectivity index (χ1n) is 6.33. The van der Waals surface area contributed by atoms with E-state index in [2.05, 4.69) is 0 Å². The Kier molecular flexibility index (Phi) is 4.17. The number of hydrogen-bond donors (Lipinski definition) is 2. The molecule has 1 aliphatic heterocycles. The van der Waals surface area contributed by atoms with Gasteiger partial charge in [0.2, 0.25) is 0 Å². The summed E-state index contributed by atoms with van der Waals surface area (Å²) in [6.45, 7) is 0.316. The molecule has 0 saturated carbocycles. The van der Waals surface area contributed by atoms with Gasteiger partial charge in [0, 0.05) is 12.6 Å². The predicted molar refractivity (Wildman–Crippen MR) is 68.3 cm³/mol. The van der Waals surface area contributed by atoms with Gasteiger partial charge in [0.05, 0.1) is 12.0 Å². The molecule has 2 N–H and O–H groups in total. The second kappa shape index (κ2) is 5.67. The van der Waals surface area contributed by atoms with E-state index in [0.29, 0.717) is 19.4 Å². The third-order valence-electron chi connectivity index (χ3n) is 3.76. The number of hydrogen-bond acceptors (Lipinski definition) is 3. The number of aliphatic hydroxyl groups excluding tert-OH is 1. The summed E-state index contributed by atoms with van der Waals surface area (Å²) in [5, 5.41) is 18.9. The number of likely N-dealkylation sites (tertiary alicyclic amines) is 1. The van der Waals surface area contributed by atoms with E-state index in [0.717, 1.165) is 5.56 Å². The molecule has 1 saturated heterocycles. The van der Waals surface area contributed by atoms with Crippen molar-refractivity contribution >= 4 is 5.97 Å². The number of nitrogens with zero attached hydrogens (tertiary/aromatic N) is 1. The maximum absolute atomic E-state index is 13.1. The highest BCUT2D eigenvalue weighted by molar-refractivity contribution is 5.71. The van der Waals surface area contributed by atoms with E-state index in [1.165, 1.54) is 12.1 Å². The van der Waals surface area contributed by atoms with E-state index in [-0.39, 0.29) is 11.9 Å². The van der Waals surface area contributed by atoms with Crippen molar-refractivity contribution in [3.05, 3.63) is 35.6 Å². The first-order valence-corrected chi connectivity index (χ1v) is 6.33. The van der Waals surface area contributed by atoms with Gasteiger partial charge < -0.3 is 15.1 Å². The Morgan fingerprint density at radius 2 is 2.26 bits per heavy atom. The quantitative estimate of drug-likeness (QED) is 0.862. The highest BCUT2D eigenvalue weighted by Gasteiger charge is 2.36. The topological polar surface area (TPSA) is 60.8 Å². The SMILES string of the molecule is CN1CC(C(=O)O)C(O)CC1Cc1cccc(F)c1. The van der Waals surface area contributed by atoms with Crippen molar-refractivity contribution in [1.29, 1.82) is 0 Å². The second-order valence-electron chi connectivity index (χ2n) is 5.18. The van der Waals surface area contributed by atoms with Crippen LogP contribution < -0.4 is 0 Å². The second-order valence-corrected chi connectivity index (χ2v) is 5.18. The van der Waals surface area contributed by atoms with E-state index >= 15 is 0 Å². The molecule has 3 unspecified atom stereocenters. The van der Waals surface area contributed by atoms with Crippen LogP contribution in [0.1, 0.15) is 12.0 Å². The lowest BCUT2D eigenvalue weighted by Crippen LogP contribution is -2.50. The van der Waals surface area contributed by atoms with E-state index in [4.69, 9.17) is 5.11 Å². The molecule has 3 atom stereocenters. The average Bonchev–Trinajstić information content (AvgIpc) is 2.33. The Hall–Kier alpha value is -1.46. The zero-order valence-electron chi connectivity index (χ0n) is 10.8. The molecule has 0 aliphatic carbocycles. The summed E-state index contributed by atoms with van der Waals surface area (Å²) < 4.78 is 13.1. The number of carbonyl (C=O) groups is 1. The number of benzene rings is 1. The molecule has 5 heteroatoms. The van der Waals surface area contributed by atoms with Gasteiger partial charge in [-0.25, -0.2) is 4.39 Å². The van der Waals surface area contributed by atoms with Crippen molar-refractivity contribution in [3.8, 4) is 0 Å². The number of likely N-dealkylation sites (N-methyl/N-ethyl adjacent to an activating group) is 1. The van der Waals surface area contributed by atoms with Crippen molar-refractivity contribution in [3.63, 3.8) is 0 Å². The lowest BCUT2D eigenvalue weighted by Gasteiger charge is -2.38. The molecule has 1 aromatic rings. The molecule has 1 aromatic carbocycles. The Bertz CT molecular complexity index is 466. The first-order chi connectivity index (χ1) is 8.97. The number of halogens is 1. The Morgan fingerprint density at radius 1 is 1.53 bits per heavy atom. The minimum atomic E-state index is -0.969. The predicted octanol–water partition coefficient (Wildman–Crippen LogP) is 1.13. The van der Waals surface area contributed by atoms with Gasteiger partial charge in [-0.2, -0.15) is 0 Å². The molecule has 0 amide bonds. The van der Waals surface area contributed by atoms with E-state index in [1.54, 1.807) is 6.07 Å². The fourth-order valence-electron chi connectivity index (χ4n) is 2.62. The van der Waals surface area contributed by atoms with Crippen molar-refractivity contribution < 1.29 is 19.4 Å². The zero-order chi connectivity index (χ0) is 14.0. The zero-order valence-corrected chi connectivity index (χ0v) is 10.8. The normalized spacial score (nSPS) is 28.3. The highest BCUT2D eigenvalue weighted by atomic mass is 19.1. The number of carboxylic acid groups (broad SMARTS) is 1. The number of piperidine rings is 1. The molecular weight excluding hydrogens is 249 g/mol. The molecule has 104 valence electrons. The van der Waals surface area contributed by atoms with Crippen LogP contribution in [0.4, 0.5) is 4.39 Å². The third kappa shape index (κ3) is 3.30. The lowest BCUT2D eigenvalue weighted by atomic mass is 9.87. The van der Waals surface area contributed by atoms with Gasteiger partial charge in [0.15, 0.2) is 0 Å². The molecule has 0 bridgehead atoms. The lowest BCUT2D eigenvalue weighted by molar-refractivity contribution is -0.149. The van der Waals surface area contributed by atoms with Gasteiger partial charge in [-0.1, -0.05) is 12.1 Å². The van der Waals surface area contributed by atoms with Crippen molar-refractivity contribution in [2.75, 3.05) is 13.6 Å². The van der Waals surface area contributed by atoms with Crippen LogP contribution in [0.15, 0.2) is 24.3 Å². The summed E-state index contributed by atoms with van der Waals surface area (Å²) in [6, 6.07) is 6.40. The van der Waals surface area contributed by atoms with Crippen LogP contribution >= 0.6 is 0 Å². The summed E-state index contributed by atoms with van der Waals surface area (Å²) in [5.74, 6) is -1.99. The van der Waals surface area contributed by atoms with Crippen LogP contribution in [0.5, 0.6) is 0 Å². The molecule has 0 aromatic heterocycles. The summed E-state index contributed by atoms with van der Waals surface area (Å²) in [6.07, 6.45) is 0.161. The van der Waals surface area contributed by atoms with Gasteiger partial charge >= 0.3 is 5.97 Å². The summed E-state index contributed by atoms with van der Waals surface area (Å²) in [5.41, 5.74) is 0.859. The van der Waals surface area contributed by atoms with Crippen molar-refractivity contribution in [2.45, 2.75) is 25.0 Å². The smallest absolute Gasteiger partial charge is 0.310 e. The highest BCUT2D eigenvalue weighted by Crippen LogP contribution is 2.24. The summed E-state index contributed by atoms with van der Waals surface area (Å²) in [4.78, 5) is 12.9. The summed E-state index contributed by atoms with van der Waals surface area (Å²) >= 11 is 0. The van der Waals surface area contributed by atoms with E-state index in [9.17, 15) is 14.3 Å². The van der Waals surface area contributed by atoms with E-state index < -0.39 is 18.0 Å². The van der Waals surface area contributed by atoms with Crippen LogP contribution in [0.3, 0.4) is 0 Å².